The molecule has 0 bridgehead atoms. The molecule has 0 saturated heterocycles. The highest BCUT2D eigenvalue weighted by atomic mass is 32.2. The molecule has 1 amide bonds. The fraction of sp³-hybridized carbons (Fsp3) is 0.211. The summed E-state index contributed by atoms with van der Waals surface area (Å²) >= 11 is 1.24. The number of ether oxygens (including phenoxy) is 2. The van der Waals surface area contributed by atoms with Crippen molar-refractivity contribution in [2.24, 2.45) is 0 Å². The number of anilines is 1. The number of carbonyl (C=O) groups is 1. The molecule has 0 aliphatic rings. The quantitative estimate of drug-likeness (QED) is 0.444. The summed E-state index contributed by atoms with van der Waals surface area (Å²) in [7, 11) is 3.17. The highest BCUT2D eigenvalue weighted by Crippen LogP contribution is 2.17. The molecule has 28 heavy (non-hydrogen) atoms. The molecule has 0 radical (unpaired) electrons. The Morgan fingerprint density at radius 1 is 1.07 bits per heavy atom. The number of thioether (sulfide) groups is 1. The SMILES string of the molecule is COc1ccc(NC(=O)CCSc2c(=O)o[nH][n+]2-c2ccc(OC)cc2)cc1. The Morgan fingerprint density at radius 3 is 2.29 bits per heavy atom. The molecule has 0 aliphatic carbocycles. The van der Waals surface area contributed by atoms with Crippen molar-refractivity contribution in [1.82, 2.24) is 5.27 Å². The van der Waals surface area contributed by atoms with Crippen molar-refractivity contribution < 1.29 is 23.5 Å². The highest BCUT2D eigenvalue weighted by molar-refractivity contribution is 7.99. The minimum Gasteiger partial charge on any atom is -0.497 e. The Balaban J connectivity index is 1.59. The van der Waals surface area contributed by atoms with Crippen LogP contribution in [-0.2, 0) is 4.79 Å². The normalized spacial score (nSPS) is 10.5. The van der Waals surface area contributed by atoms with E-state index >= 15 is 0 Å². The maximum absolute atomic E-state index is 12.1. The number of carbonyl (C=O) groups excluding carboxylic acids is 1. The molecule has 0 fully saturated rings. The lowest BCUT2D eigenvalue weighted by Crippen LogP contribution is -2.36. The van der Waals surface area contributed by atoms with E-state index in [-0.39, 0.29) is 12.3 Å². The van der Waals surface area contributed by atoms with Gasteiger partial charge in [-0.1, -0.05) is 0 Å². The number of nitrogens with one attached hydrogen (secondary N) is 2. The number of nitrogens with zero attached hydrogens (tertiary/aromatic N) is 1. The summed E-state index contributed by atoms with van der Waals surface area (Å²) in [6.07, 6.45) is 0.240. The van der Waals surface area contributed by atoms with Gasteiger partial charge in [-0.2, -0.15) is 0 Å². The smallest absolute Gasteiger partial charge is 0.442 e. The minimum absolute atomic E-state index is 0.145. The van der Waals surface area contributed by atoms with E-state index < -0.39 is 5.63 Å². The summed E-state index contributed by atoms with van der Waals surface area (Å²) in [6.45, 7) is 0. The van der Waals surface area contributed by atoms with Gasteiger partial charge in [-0.3, -0.25) is 9.32 Å². The second kappa shape index (κ2) is 9.14. The fourth-order valence-corrected chi connectivity index (χ4v) is 3.34. The Bertz CT molecular complexity index is 980. The van der Waals surface area contributed by atoms with Crippen LogP contribution in [0.25, 0.3) is 5.69 Å². The van der Waals surface area contributed by atoms with Gasteiger partial charge < -0.3 is 14.8 Å². The van der Waals surface area contributed by atoms with E-state index in [9.17, 15) is 9.59 Å². The first-order chi connectivity index (χ1) is 13.6. The van der Waals surface area contributed by atoms with E-state index in [0.29, 0.717) is 22.2 Å². The average Bonchev–Trinajstić information content (AvgIpc) is 3.09. The number of benzene rings is 2. The molecule has 2 N–H and O–H groups in total. The van der Waals surface area contributed by atoms with Gasteiger partial charge in [-0.25, -0.2) is 4.79 Å². The Hall–Kier alpha value is -3.20. The summed E-state index contributed by atoms with van der Waals surface area (Å²) in [5.41, 5.74) is 0.915. The van der Waals surface area contributed by atoms with Crippen LogP contribution < -0.4 is 25.1 Å². The first kappa shape index (κ1) is 19.6. The molecule has 3 aromatic rings. The lowest BCUT2D eigenvalue weighted by molar-refractivity contribution is -0.704. The van der Waals surface area contributed by atoms with E-state index in [4.69, 9.17) is 14.0 Å². The summed E-state index contributed by atoms with van der Waals surface area (Å²) in [5.74, 6) is 1.70. The van der Waals surface area contributed by atoms with Crippen molar-refractivity contribution in [3.05, 3.63) is 59.0 Å². The van der Waals surface area contributed by atoms with Crippen molar-refractivity contribution in [3.8, 4) is 17.2 Å². The molecular weight excluding hydrogens is 382 g/mol. The molecule has 8 nitrogen and oxygen atoms in total. The molecule has 1 aromatic heterocycles. The third-order valence-corrected chi connectivity index (χ3v) is 4.91. The van der Waals surface area contributed by atoms with Gasteiger partial charge >= 0.3 is 10.7 Å². The number of amides is 1. The largest absolute Gasteiger partial charge is 0.497 e. The topological polar surface area (TPSA) is 97.4 Å². The van der Waals surface area contributed by atoms with E-state index in [1.807, 2.05) is 0 Å². The summed E-state index contributed by atoms with van der Waals surface area (Å²) in [6, 6.07) is 14.2. The molecule has 0 spiro atoms. The van der Waals surface area contributed by atoms with Gasteiger partial charge in [-0.05, 0) is 58.1 Å². The zero-order chi connectivity index (χ0) is 19.9. The zero-order valence-corrected chi connectivity index (χ0v) is 16.2. The Labute approximate surface area is 165 Å². The number of rotatable bonds is 8. The molecule has 3 rings (SSSR count). The lowest BCUT2D eigenvalue weighted by atomic mass is 10.3. The monoisotopic (exact) mass is 402 g/mol. The molecule has 0 saturated carbocycles. The van der Waals surface area contributed by atoms with Gasteiger partial charge in [0.2, 0.25) is 11.6 Å². The van der Waals surface area contributed by atoms with Crippen LogP contribution in [-0.4, -0.2) is 31.2 Å². The first-order valence-corrected chi connectivity index (χ1v) is 9.44. The Kier molecular flexibility index (Phi) is 6.38. The number of hydrogen-bond donors (Lipinski definition) is 2. The molecular formula is C19H20N3O5S+. The van der Waals surface area contributed by atoms with Crippen LogP contribution in [0.2, 0.25) is 0 Å². The molecule has 9 heteroatoms. The molecule has 0 atom stereocenters. The predicted molar refractivity (Wildman–Crippen MR) is 104 cm³/mol. The number of aromatic nitrogens is 2. The van der Waals surface area contributed by atoms with Gasteiger partial charge in [0.05, 0.1) is 14.2 Å². The highest BCUT2D eigenvalue weighted by Gasteiger charge is 2.24. The summed E-state index contributed by atoms with van der Waals surface area (Å²) in [5, 5.41) is 5.74. The minimum atomic E-state index is -0.489. The third-order valence-electron chi connectivity index (χ3n) is 3.88. The van der Waals surface area contributed by atoms with E-state index in [0.717, 1.165) is 11.4 Å². The van der Waals surface area contributed by atoms with Crippen LogP contribution in [0, 0.1) is 0 Å². The van der Waals surface area contributed by atoms with Crippen molar-refractivity contribution in [2.45, 2.75) is 11.4 Å². The number of H-pyrrole nitrogens is 1. The summed E-state index contributed by atoms with van der Waals surface area (Å²) in [4.78, 5) is 24.1. The van der Waals surface area contributed by atoms with Crippen LogP contribution in [0.5, 0.6) is 11.5 Å². The predicted octanol–water partition coefficient (Wildman–Crippen LogP) is 2.38. The number of aromatic amines is 1. The summed E-state index contributed by atoms with van der Waals surface area (Å²) < 4.78 is 16.7. The van der Waals surface area contributed by atoms with E-state index in [1.165, 1.54) is 16.4 Å². The second-order valence-corrected chi connectivity index (χ2v) is 6.78. The number of methoxy groups -OCH3 is 2. The standard InChI is InChI=1S/C19H19N3O5S/c1-25-15-7-3-13(4-8-15)20-17(23)11-12-28-18-19(24)27-21-22(18)14-5-9-16(26-2)10-6-14/h3-10H,11-12H2,1-2H3,(H-,20,21,23,24)/p+1. The number of hydrogen-bond acceptors (Lipinski definition) is 6. The van der Waals surface area contributed by atoms with Crippen LogP contribution >= 0.6 is 11.8 Å². The van der Waals surface area contributed by atoms with Crippen molar-refractivity contribution in [1.29, 1.82) is 0 Å². The van der Waals surface area contributed by atoms with Gasteiger partial charge in [-0.15, -0.1) is 0 Å². The maximum atomic E-state index is 12.1. The van der Waals surface area contributed by atoms with Crippen LogP contribution in [0.3, 0.4) is 0 Å². The average molecular weight is 402 g/mol. The van der Waals surface area contributed by atoms with Crippen LogP contribution in [0.4, 0.5) is 5.69 Å². The van der Waals surface area contributed by atoms with Gasteiger partial charge in [0.25, 0.3) is 0 Å². The maximum Gasteiger partial charge on any atom is 0.442 e. The third kappa shape index (κ3) is 4.74. The van der Waals surface area contributed by atoms with Gasteiger partial charge in [0, 0.05) is 30.0 Å². The molecule has 1 heterocycles. The molecule has 0 unspecified atom stereocenters. The first-order valence-electron chi connectivity index (χ1n) is 8.45. The van der Waals surface area contributed by atoms with Gasteiger partial charge in [0.15, 0.2) is 0 Å². The van der Waals surface area contributed by atoms with Crippen molar-refractivity contribution in [3.63, 3.8) is 0 Å². The van der Waals surface area contributed by atoms with Gasteiger partial charge in [0.1, 0.15) is 11.5 Å². The fourth-order valence-electron chi connectivity index (χ4n) is 2.43. The van der Waals surface area contributed by atoms with Crippen molar-refractivity contribution in [2.75, 3.05) is 25.3 Å². The van der Waals surface area contributed by atoms with E-state index in [1.54, 1.807) is 62.8 Å². The lowest BCUT2D eigenvalue weighted by Gasteiger charge is -2.05. The second-order valence-electron chi connectivity index (χ2n) is 5.69. The van der Waals surface area contributed by atoms with Crippen LogP contribution in [0.15, 0.2) is 62.9 Å². The molecule has 146 valence electrons. The van der Waals surface area contributed by atoms with Crippen molar-refractivity contribution >= 4 is 23.4 Å². The van der Waals surface area contributed by atoms with Crippen LogP contribution in [0.1, 0.15) is 6.42 Å². The Morgan fingerprint density at radius 2 is 1.68 bits per heavy atom. The molecule has 2 aromatic carbocycles. The molecule has 0 aliphatic heterocycles. The zero-order valence-electron chi connectivity index (χ0n) is 15.4. The van der Waals surface area contributed by atoms with E-state index in [2.05, 4.69) is 10.6 Å².